The van der Waals surface area contributed by atoms with E-state index in [1.165, 1.54) is 0 Å². The number of fused-ring (bicyclic) bond motifs is 2. The van der Waals surface area contributed by atoms with E-state index in [0.29, 0.717) is 5.56 Å². The Morgan fingerprint density at radius 3 is 2.79 bits per heavy atom. The van der Waals surface area contributed by atoms with Crippen LogP contribution in [0.3, 0.4) is 0 Å². The lowest BCUT2D eigenvalue weighted by Crippen LogP contribution is -2.12. The van der Waals surface area contributed by atoms with Crippen LogP contribution in [0, 0.1) is 6.92 Å². The molecular formula is C19H14N4O. The minimum atomic E-state index is -0.164. The summed E-state index contributed by atoms with van der Waals surface area (Å²) in [5, 5.41) is 13.0. The maximum Gasteiger partial charge on any atom is 0.255 e. The molecule has 5 heteroatoms. The number of benzene rings is 2. The summed E-state index contributed by atoms with van der Waals surface area (Å²) in [6.07, 6.45) is 1.74. The fourth-order valence-corrected chi connectivity index (χ4v) is 2.68. The van der Waals surface area contributed by atoms with Gasteiger partial charge in [-0.3, -0.25) is 9.78 Å². The molecule has 0 atom stereocenters. The summed E-state index contributed by atoms with van der Waals surface area (Å²) in [5.41, 5.74) is 3.74. The monoisotopic (exact) mass is 314 g/mol. The first-order valence-electron chi connectivity index (χ1n) is 7.60. The lowest BCUT2D eigenvalue weighted by molar-refractivity contribution is 0.102. The maximum atomic E-state index is 12.6. The van der Waals surface area contributed by atoms with Crippen molar-refractivity contribution in [3.63, 3.8) is 0 Å². The molecule has 0 saturated carbocycles. The molecule has 0 spiro atoms. The minimum Gasteiger partial charge on any atom is -0.321 e. The van der Waals surface area contributed by atoms with E-state index in [4.69, 9.17) is 0 Å². The van der Waals surface area contributed by atoms with E-state index in [9.17, 15) is 4.79 Å². The van der Waals surface area contributed by atoms with Crippen molar-refractivity contribution in [1.82, 2.24) is 15.2 Å². The molecule has 0 aliphatic carbocycles. The third-order valence-corrected chi connectivity index (χ3v) is 3.87. The summed E-state index contributed by atoms with van der Waals surface area (Å²) in [5.74, 6) is -0.164. The third kappa shape index (κ3) is 2.56. The van der Waals surface area contributed by atoms with Gasteiger partial charge < -0.3 is 5.32 Å². The van der Waals surface area contributed by atoms with Crippen LogP contribution in [0.1, 0.15) is 16.1 Å². The Morgan fingerprint density at radius 2 is 1.88 bits per heavy atom. The van der Waals surface area contributed by atoms with Crippen LogP contribution in [0.15, 0.2) is 60.8 Å². The number of aryl methyl sites for hydroxylation is 1. The fraction of sp³-hybridized carbons (Fsp3) is 0.0526. The van der Waals surface area contributed by atoms with E-state index < -0.39 is 0 Å². The van der Waals surface area contributed by atoms with Gasteiger partial charge in [0.2, 0.25) is 0 Å². The lowest BCUT2D eigenvalue weighted by Gasteiger charge is -2.09. The van der Waals surface area contributed by atoms with Crippen LogP contribution in [0.25, 0.3) is 21.8 Å². The van der Waals surface area contributed by atoms with Gasteiger partial charge in [-0.05, 0) is 49.4 Å². The molecule has 5 nitrogen and oxygen atoms in total. The number of anilines is 1. The number of amides is 1. The average Bonchev–Trinajstić information content (AvgIpc) is 2.62. The van der Waals surface area contributed by atoms with E-state index in [-0.39, 0.29) is 5.91 Å². The second-order valence-corrected chi connectivity index (χ2v) is 5.59. The van der Waals surface area contributed by atoms with Crippen LogP contribution >= 0.6 is 0 Å². The molecule has 2 aromatic carbocycles. The highest BCUT2D eigenvalue weighted by atomic mass is 16.1. The van der Waals surface area contributed by atoms with E-state index >= 15 is 0 Å². The molecular weight excluding hydrogens is 300 g/mol. The van der Waals surface area contributed by atoms with Gasteiger partial charge in [0.15, 0.2) is 0 Å². The molecule has 4 aromatic rings. The van der Waals surface area contributed by atoms with E-state index in [2.05, 4.69) is 20.5 Å². The third-order valence-electron chi connectivity index (χ3n) is 3.87. The van der Waals surface area contributed by atoms with E-state index in [0.717, 1.165) is 33.2 Å². The van der Waals surface area contributed by atoms with Gasteiger partial charge in [-0.15, -0.1) is 0 Å². The van der Waals surface area contributed by atoms with E-state index in [1.54, 1.807) is 12.3 Å². The van der Waals surface area contributed by atoms with Crippen molar-refractivity contribution in [3.8, 4) is 0 Å². The van der Waals surface area contributed by atoms with Crippen molar-refractivity contribution in [2.24, 2.45) is 0 Å². The highest BCUT2D eigenvalue weighted by Gasteiger charge is 2.10. The molecule has 2 aromatic heterocycles. The summed E-state index contributed by atoms with van der Waals surface area (Å²) in [7, 11) is 0. The predicted octanol–water partition coefficient (Wildman–Crippen LogP) is 3.74. The molecule has 0 fully saturated rings. The summed E-state index contributed by atoms with van der Waals surface area (Å²) < 4.78 is 0. The SMILES string of the molecule is Cc1cc2c(NC(=O)c3ccc4ncccc4c3)cccc2nn1. The maximum absolute atomic E-state index is 12.6. The lowest BCUT2D eigenvalue weighted by atomic mass is 10.1. The number of nitrogens with zero attached hydrogens (tertiary/aromatic N) is 3. The normalized spacial score (nSPS) is 10.9. The number of carbonyl (C=O) groups excluding carboxylic acids is 1. The summed E-state index contributed by atoms with van der Waals surface area (Å²) >= 11 is 0. The van der Waals surface area contributed by atoms with Gasteiger partial charge in [0, 0.05) is 22.5 Å². The molecule has 1 amide bonds. The van der Waals surface area contributed by atoms with Crippen LogP contribution in [-0.4, -0.2) is 21.1 Å². The van der Waals surface area contributed by atoms with Gasteiger partial charge in [0.1, 0.15) is 0 Å². The Labute approximate surface area is 138 Å². The Kier molecular flexibility index (Phi) is 3.39. The Bertz CT molecular complexity index is 1080. The van der Waals surface area contributed by atoms with Crippen LogP contribution in [0.5, 0.6) is 0 Å². The van der Waals surface area contributed by atoms with Crippen LogP contribution < -0.4 is 5.32 Å². The molecule has 0 aliphatic heterocycles. The van der Waals surface area contributed by atoms with Gasteiger partial charge in [0.05, 0.1) is 22.4 Å². The van der Waals surface area contributed by atoms with Gasteiger partial charge in [0.25, 0.3) is 5.91 Å². The number of aromatic nitrogens is 3. The standard InChI is InChI=1S/C19H14N4O/c1-12-10-15-17(5-2-6-18(15)23-22-12)21-19(24)14-7-8-16-13(11-14)4-3-9-20-16/h2-11H,1H3,(H,21,24). The first-order chi connectivity index (χ1) is 11.7. The second kappa shape index (κ2) is 5.70. The summed E-state index contributed by atoms with van der Waals surface area (Å²) in [6.45, 7) is 1.88. The molecule has 0 unspecified atom stereocenters. The molecule has 1 N–H and O–H groups in total. The molecule has 0 saturated heterocycles. The first kappa shape index (κ1) is 14.3. The molecule has 0 radical (unpaired) electrons. The van der Waals surface area contributed by atoms with Gasteiger partial charge >= 0.3 is 0 Å². The fourth-order valence-electron chi connectivity index (χ4n) is 2.68. The van der Waals surface area contributed by atoms with Crippen LogP contribution in [-0.2, 0) is 0 Å². The molecule has 24 heavy (non-hydrogen) atoms. The van der Waals surface area contributed by atoms with E-state index in [1.807, 2.05) is 55.5 Å². The number of hydrogen-bond acceptors (Lipinski definition) is 4. The highest BCUT2D eigenvalue weighted by Crippen LogP contribution is 2.23. The zero-order chi connectivity index (χ0) is 16.5. The highest BCUT2D eigenvalue weighted by molar-refractivity contribution is 6.09. The zero-order valence-electron chi connectivity index (χ0n) is 13.0. The molecule has 4 rings (SSSR count). The number of hydrogen-bond donors (Lipinski definition) is 1. The summed E-state index contributed by atoms with van der Waals surface area (Å²) in [6, 6.07) is 16.8. The van der Waals surface area contributed by atoms with Gasteiger partial charge in [-0.1, -0.05) is 12.1 Å². The Balaban J connectivity index is 1.71. The Morgan fingerprint density at radius 1 is 0.958 bits per heavy atom. The molecule has 0 bridgehead atoms. The summed E-state index contributed by atoms with van der Waals surface area (Å²) in [4.78, 5) is 16.9. The van der Waals surface area contributed by atoms with Crippen molar-refractivity contribution in [2.75, 3.05) is 5.32 Å². The first-order valence-corrected chi connectivity index (χ1v) is 7.60. The van der Waals surface area contributed by atoms with Crippen molar-refractivity contribution in [1.29, 1.82) is 0 Å². The number of pyridine rings is 1. The van der Waals surface area contributed by atoms with Crippen LogP contribution in [0.2, 0.25) is 0 Å². The van der Waals surface area contributed by atoms with Crippen molar-refractivity contribution < 1.29 is 4.79 Å². The Hall–Kier alpha value is -3.34. The zero-order valence-corrected chi connectivity index (χ0v) is 13.0. The largest absolute Gasteiger partial charge is 0.321 e. The molecule has 2 heterocycles. The number of nitrogens with one attached hydrogen (secondary N) is 1. The number of rotatable bonds is 2. The van der Waals surface area contributed by atoms with Crippen molar-refractivity contribution in [2.45, 2.75) is 6.92 Å². The van der Waals surface area contributed by atoms with Crippen molar-refractivity contribution in [3.05, 3.63) is 72.1 Å². The number of carbonyl (C=O) groups is 1. The van der Waals surface area contributed by atoms with Gasteiger partial charge in [-0.25, -0.2) is 0 Å². The predicted molar refractivity (Wildman–Crippen MR) is 94.0 cm³/mol. The second-order valence-electron chi connectivity index (χ2n) is 5.59. The smallest absolute Gasteiger partial charge is 0.255 e. The minimum absolute atomic E-state index is 0.164. The quantitative estimate of drug-likeness (QED) is 0.612. The van der Waals surface area contributed by atoms with Crippen molar-refractivity contribution >= 4 is 33.4 Å². The molecule has 116 valence electrons. The topological polar surface area (TPSA) is 67.8 Å². The molecule has 0 aliphatic rings. The average molecular weight is 314 g/mol. The van der Waals surface area contributed by atoms with Gasteiger partial charge in [-0.2, -0.15) is 10.2 Å². The van der Waals surface area contributed by atoms with Crippen LogP contribution in [0.4, 0.5) is 5.69 Å².